The van der Waals surface area contributed by atoms with Crippen LogP contribution in [-0.2, 0) is 4.33 Å². The minimum absolute atomic E-state index is 0.883. The number of halogens is 4. The topological polar surface area (TPSA) is 0 Å². The first-order valence-electron chi connectivity index (χ1n) is 5.74. The van der Waals surface area contributed by atoms with E-state index in [0.29, 0.717) is 0 Å². The Morgan fingerprint density at radius 1 is 0.789 bits per heavy atom. The first-order chi connectivity index (χ1) is 8.85. The molecule has 0 radical (unpaired) electrons. The van der Waals surface area contributed by atoms with E-state index in [1.165, 1.54) is 0 Å². The van der Waals surface area contributed by atoms with Crippen molar-refractivity contribution < 1.29 is 0 Å². The number of hydrogen-bond acceptors (Lipinski definition) is 0. The summed E-state index contributed by atoms with van der Waals surface area (Å²) in [5, 5.41) is 0. The van der Waals surface area contributed by atoms with Gasteiger partial charge >= 0.3 is 0 Å². The van der Waals surface area contributed by atoms with Gasteiger partial charge in [0.05, 0.1) is 0 Å². The molecule has 0 aliphatic rings. The van der Waals surface area contributed by atoms with Crippen molar-refractivity contribution in [3.8, 4) is 0 Å². The van der Waals surface area contributed by atoms with E-state index >= 15 is 0 Å². The number of benzene rings is 2. The van der Waals surface area contributed by atoms with Crippen LogP contribution in [0.4, 0.5) is 0 Å². The summed E-state index contributed by atoms with van der Waals surface area (Å²) in [7, 11) is 0. The highest BCUT2D eigenvalue weighted by Crippen LogP contribution is 2.48. The van der Waals surface area contributed by atoms with E-state index in [4.69, 9.17) is 23.2 Å². The number of aryl methyl sites for hydroxylation is 2. The summed E-state index contributed by atoms with van der Waals surface area (Å²) >= 11 is 20.5. The van der Waals surface area contributed by atoms with Gasteiger partial charge in [0.1, 0.15) is 0 Å². The molecule has 0 aliphatic carbocycles. The van der Waals surface area contributed by atoms with E-state index in [2.05, 4.69) is 31.9 Å². The van der Waals surface area contributed by atoms with Crippen molar-refractivity contribution in [2.24, 2.45) is 0 Å². The van der Waals surface area contributed by atoms with Crippen LogP contribution in [0.3, 0.4) is 0 Å². The van der Waals surface area contributed by atoms with Crippen molar-refractivity contribution >= 4 is 55.1 Å². The molecule has 0 heterocycles. The van der Waals surface area contributed by atoms with Gasteiger partial charge in [0.2, 0.25) is 0 Å². The van der Waals surface area contributed by atoms with Crippen LogP contribution < -0.4 is 0 Å². The van der Waals surface area contributed by atoms with Gasteiger partial charge in [-0.25, -0.2) is 0 Å². The lowest BCUT2D eigenvalue weighted by atomic mass is 9.96. The summed E-state index contributed by atoms with van der Waals surface area (Å²) < 4.78 is 0.717. The fraction of sp³-hybridized carbons (Fsp3) is 0.200. The molecule has 4 heteroatoms. The molecule has 0 spiro atoms. The lowest BCUT2D eigenvalue weighted by Gasteiger charge is -2.26. The molecular weight excluding hydrogens is 411 g/mol. The molecule has 0 fully saturated rings. The fourth-order valence-corrected chi connectivity index (χ4v) is 5.17. The van der Waals surface area contributed by atoms with Crippen molar-refractivity contribution in [3.05, 3.63) is 67.6 Å². The Balaban J connectivity index is 2.73. The van der Waals surface area contributed by atoms with Crippen molar-refractivity contribution in [1.29, 1.82) is 0 Å². The third kappa shape index (κ3) is 2.87. The molecule has 2 aromatic carbocycles. The largest absolute Gasteiger partial charge is 0.170 e. The van der Waals surface area contributed by atoms with Crippen LogP contribution >= 0.6 is 55.1 Å². The maximum atomic E-state index is 6.71. The smallest absolute Gasteiger partial charge is 0.0908 e. The normalized spacial score (nSPS) is 11.7. The first-order valence-corrected chi connectivity index (χ1v) is 8.09. The summed E-state index contributed by atoms with van der Waals surface area (Å²) in [5.41, 5.74) is 3.87. The SMILES string of the molecule is Cc1cccc(Br)c1C(Cl)(Cl)c1c(C)cccc1Br. The van der Waals surface area contributed by atoms with Gasteiger partial charge in [0.15, 0.2) is 4.33 Å². The van der Waals surface area contributed by atoms with E-state index in [0.717, 1.165) is 31.2 Å². The van der Waals surface area contributed by atoms with Crippen LogP contribution in [0.5, 0.6) is 0 Å². The van der Waals surface area contributed by atoms with Gasteiger partial charge < -0.3 is 0 Å². The Kier molecular flexibility index (Phi) is 4.67. The van der Waals surface area contributed by atoms with Crippen molar-refractivity contribution in [1.82, 2.24) is 0 Å². The van der Waals surface area contributed by atoms with Crippen LogP contribution in [0, 0.1) is 13.8 Å². The quantitative estimate of drug-likeness (QED) is 0.484. The highest BCUT2D eigenvalue weighted by molar-refractivity contribution is 9.10. The molecule has 0 aliphatic heterocycles. The zero-order valence-corrected chi connectivity index (χ0v) is 15.2. The molecule has 100 valence electrons. The molecule has 0 saturated carbocycles. The van der Waals surface area contributed by atoms with Gasteiger partial charge in [-0.15, -0.1) is 0 Å². The molecule has 0 saturated heterocycles. The van der Waals surface area contributed by atoms with Gasteiger partial charge in [-0.2, -0.15) is 0 Å². The van der Waals surface area contributed by atoms with Gasteiger partial charge in [0, 0.05) is 20.1 Å². The van der Waals surface area contributed by atoms with Gasteiger partial charge in [0.25, 0.3) is 0 Å². The van der Waals surface area contributed by atoms with Crippen molar-refractivity contribution in [3.63, 3.8) is 0 Å². The van der Waals surface area contributed by atoms with Crippen LogP contribution in [0.15, 0.2) is 45.3 Å². The molecular formula is C15H12Br2Cl2. The van der Waals surface area contributed by atoms with Gasteiger partial charge in [-0.3, -0.25) is 0 Å². The number of alkyl halides is 2. The predicted molar refractivity (Wildman–Crippen MR) is 90.2 cm³/mol. The Morgan fingerprint density at radius 2 is 1.16 bits per heavy atom. The third-order valence-corrected chi connectivity index (χ3v) is 5.15. The van der Waals surface area contributed by atoms with Crippen LogP contribution in [0.2, 0.25) is 0 Å². The van der Waals surface area contributed by atoms with Gasteiger partial charge in [-0.1, -0.05) is 79.3 Å². The summed E-state index contributed by atoms with van der Waals surface area (Å²) in [5.74, 6) is 0. The van der Waals surface area contributed by atoms with E-state index < -0.39 is 4.33 Å². The van der Waals surface area contributed by atoms with Crippen LogP contribution in [0.1, 0.15) is 22.3 Å². The summed E-state index contributed by atoms with van der Waals surface area (Å²) in [6.07, 6.45) is 0. The minimum Gasteiger partial charge on any atom is -0.0908 e. The minimum atomic E-state index is -1.10. The predicted octanol–water partition coefficient (Wildman–Crippen LogP) is 6.51. The van der Waals surface area contributed by atoms with E-state index in [9.17, 15) is 0 Å². The second-order valence-electron chi connectivity index (χ2n) is 4.44. The lowest BCUT2D eigenvalue weighted by molar-refractivity contribution is 0.982. The molecule has 2 rings (SSSR count). The van der Waals surface area contributed by atoms with E-state index in [1.54, 1.807) is 0 Å². The molecule has 2 aromatic rings. The molecule has 0 unspecified atom stereocenters. The molecule has 0 bridgehead atoms. The highest BCUT2D eigenvalue weighted by Gasteiger charge is 2.35. The molecule has 0 N–H and O–H groups in total. The van der Waals surface area contributed by atoms with E-state index in [-0.39, 0.29) is 0 Å². The Labute approximate surface area is 140 Å². The number of rotatable bonds is 2. The second-order valence-corrected chi connectivity index (χ2v) is 7.47. The Morgan fingerprint density at radius 3 is 1.47 bits per heavy atom. The number of hydrogen-bond donors (Lipinski definition) is 0. The van der Waals surface area contributed by atoms with Crippen LogP contribution in [0.25, 0.3) is 0 Å². The fourth-order valence-electron chi connectivity index (χ4n) is 2.18. The zero-order valence-electron chi connectivity index (χ0n) is 10.5. The lowest BCUT2D eigenvalue weighted by Crippen LogP contribution is -2.17. The summed E-state index contributed by atoms with van der Waals surface area (Å²) in [6.45, 7) is 4.01. The molecule has 0 nitrogen and oxygen atoms in total. The summed E-state index contributed by atoms with van der Waals surface area (Å²) in [6, 6.07) is 11.9. The monoisotopic (exact) mass is 420 g/mol. The highest BCUT2D eigenvalue weighted by atomic mass is 79.9. The standard InChI is InChI=1S/C15H12Br2Cl2/c1-9-5-3-7-11(16)13(9)15(18,19)14-10(2)6-4-8-12(14)17/h3-8H,1-2H3. The average molecular weight is 423 g/mol. The molecule has 0 amide bonds. The van der Waals surface area contributed by atoms with Crippen molar-refractivity contribution in [2.75, 3.05) is 0 Å². The average Bonchev–Trinajstić information content (AvgIpc) is 2.27. The molecule has 0 aromatic heterocycles. The summed E-state index contributed by atoms with van der Waals surface area (Å²) in [4.78, 5) is 0. The van der Waals surface area contributed by atoms with Gasteiger partial charge in [-0.05, 0) is 37.1 Å². The van der Waals surface area contributed by atoms with Crippen LogP contribution in [-0.4, -0.2) is 0 Å². The van der Waals surface area contributed by atoms with E-state index in [1.807, 2.05) is 50.2 Å². The Hall–Kier alpha value is -0.0200. The maximum Gasteiger partial charge on any atom is 0.170 e. The maximum absolute atomic E-state index is 6.71. The Bertz CT molecular complexity index is 528. The molecule has 19 heavy (non-hydrogen) atoms. The first kappa shape index (κ1) is 15.4. The second kappa shape index (κ2) is 5.77. The third-order valence-electron chi connectivity index (χ3n) is 3.07. The zero-order chi connectivity index (χ0) is 14.2. The molecule has 0 atom stereocenters. The van der Waals surface area contributed by atoms with Crippen molar-refractivity contribution in [2.45, 2.75) is 18.2 Å².